The Morgan fingerprint density at radius 3 is 2.40 bits per heavy atom. The normalized spacial score (nSPS) is 11.4. The number of halogens is 2. The molecule has 132 valence electrons. The van der Waals surface area contributed by atoms with Crippen LogP contribution >= 0.6 is 23.2 Å². The highest BCUT2D eigenvalue weighted by atomic mass is 35.5. The third kappa shape index (κ3) is 5.51. The molecule has 0 aliphatic carbocycles. The van der Waals surface area contributed by atoms with E-state index in [1.54, 1.807) is 30.3 Å². The lowest BCUT2D eigenvalue weighted by Gasteiger charge is -2.14. The highest BCUT2D eigenvalue weighted by Gasteiger charge is 2.16. The molecular weight excluding hydrogens is 371 g/mol. The lowest BCUT2D eigenvalue weighted by atomic mass is 10.3. The van der Waals surface area contributed by atoms with E-state index in [-0.39, 0.29) is 10.9 Å². The average molecular weight is 385 g/mol. The van der Waals surface area contributed by atoms with E-state index in [0.717, 1.165) is 0 Å². The largest absolute Gasteiger partial charge is 0.481 e. The minimum atomic E-state index is -0.866. The van der Waals surface area contributed by atoms with E-state index >= 15 is 0 Å². The maximum absolute atomic E-state index is 11.7. The predicted octanol–water partition coefficient (Wildman–Crippen LogP) is 3.54. The fraction of sp³-hybridized carbons (Fsp3) is 0.188. The number of carbonyl (C=O) groups excluding carboxylic acids is 2. The fourth-order valence-corrected chi connectivity index (χ4v) is 1.92. The summed E-state index contributed by atoms with van der Waals surface area (Å²) in [5.41, 5.74) is 1.98. The van der Waals surface area contributed by atoms with Gasteiger partial charge in [-0.15, -0.1) is 0 Å². The number of hydrogen-bond donors (Lipinski definition) is 1. The maximum Gasteiger partial charge on any atom is 0.329 e. The number of aromatic nitrogens is 1. The Labute approximate surface area is 153 Å². The van der Waals surface area contributed by atoms with Gasteiger partial charge < -0.3 is 14.3 Å². The minimum absolute atomic E-state index is 0.178. The Kier molecular flexibility index (Phi) is 6.44. The van der Waals surface area contributed by atoms with Crippen molar-refractivity contribution in [3.8, 4) is 17.4 Å². The highest BCUT2D eigenvalue weighted by molar-refractivity contribution is 6.42. The van der Waals surface area contributed by atoms with E-state index in [9.17, 15) is 9.59 Å². The van der Waals surface area contributed by atoms with E-state index in [0.29, 0.717) is 16.5 Å². The quantitative estimate of drug-likeness (QED) is 0.793. The first-order chi connectivity index (χ1) is 11.9. The van der Waals surface area contributed by atoms with Crippen LogP contribution in [0, 0.1) is 0 Å². The molecule has 0 bridgehead atoms. The van der Waals surface area contributed by atoms with Gasteiger partial charge in [-0.1, -0.05) is 23.2 Å². The summed E-state index contributed by atoms with van der Waals surface area (Å²) in [4.78, 5) is 30.7. The molecule has 0 saturated heterocycles. The van der Waals surface area contributed by atoms with Gasteiger partial charge in [0.1, 0.15) is 16.5 Å². The van der Waals surface area contributed by atoms with E-state index in [1.165, 1.54) is 20.0 Å². The minimum Gasteiger partial charge on any atom is -0.481 e. The van der Waals surface area contributed by atoms with Gasteiger partial charge in [0.25, 0.3) is 5.91 Å². The second kappa shape index (κ2) is 8.55. The zero-order valence-corrected chi connectivity index (χ0v) is 14.8. The number of rotatable bonds is 5. The van der Waals surface area contributed by atoms with Crippen LogP contribution in [0.3, 0.4) is 0 Å². The van der Waals surface area contributed by atoms with Crippen molar-refractivity contribution < 1.29 is 23.9 Å². The number of nitrogens with one attached hydrogen (secondary N) is 1. The van der Waals surface area contributed by atoms with Gasteiger partial charge in [-0.2, -0.15) is 5.48 Å². The van der Waals surface area contributed by atoms with Crippen LogP contribution in [0.5, 0.6) is 17.4 Å². The van der Waals surface area contributed by atoms with Crippen molar-refractivity contribution in [2.45, 2.75) is 20.0 Å². The van der Waals surface area contributed by atoms with Gasteiger partial charge >= 0.3 is 5.97 Å². The lowest BCUT2D eigenvalue weighted by molar-refractivity contribution is -0.158. The van der Waals surface area contributed by atoms with Crippen LogP contribution in [-0.2, 0) is 14.4 Å². The number of benzene rings is 1. The molecule has 0 spiro atoms. The molecule has 1 aromatic carbocycles. The Morgan fingerprint density at radius 1 is 1.12 bits per heavy atom. The number of ether oxygens (including phenoxy) is 2. The predicted molar refractivity (Wildman–Crippen MR) is 90.8 cm³/mol. The van der Waals surface area contributed by atoms with Gasteiger partial charge in [0, 0.05) is 13.1 Å². The fourth-order valence-electron chi connectivity index (χ4n) is 1.63. The second-order valence-corrected chi connectivity index (χ2v) is 5.59. The van der Waals surface area contributed by atoms with Crippen LogP contribution in [0.1, 0.15) is 13.8 Å². The van der Waals surface area contributed by atoms with Crippen molar-refractivity contribution in [2.75, 3.05) is 0 Å². The Balaban J connectivity index is 1.96. The van der Waals surface area contributed by atoms with Gasteiger partial charge in [0.2, 0.25) is 5.88 Å². The van der Waals surface area contributed by atoms with Crippen molar-refractivity contribution in [3.63, 3.8) is 0 Å². The molecule has 0 aliphatic heterocycles. The van der Waals surface area contributed by atoms with Gasteiger partial charge in [-0.25, -0.2) is 4.98 Å². The summed E-state index contributed by atoms with van der Waals surface area (Å²) in [6, 6.07) is 7.98. The topological polar surface area (TPSA) is 86.8 Å². The van der Waals surface area contributed by atoms with Crippen molar-refractivity contribution in [3.05, 3.63) is 46.6 Å². The molecule has 1 heterocycles. The molecule has 1 amide bonds. The van der Waals surface area contributed by atoms with E-state index in [1.807, 2.05) is 5.48 Å². The van der Waals surface area contributed by atoms with Gasteiger partial charge in [0.15, 0.2) is 6.10 Å². The SMILES string of the molecule is CC(=O)ONC(=O)C(C)Oc1ccc(Oc2nccc(Cl)c2Cl)cc1. The monoisotopic (exact) mass is 384 g/mol. The summed E-state index contributed by atoms with van der Waals surface area (Å²) < 4.78 is 11.0. The molecule has 0 fully saturated rings. The average Bonchev–Trinajstić information content (AvgIpc) is 2.58. The Bertz CT molecular complexity index is 768. The molecule has 2 aromatic rings. The van der Waals surface area contributed by atoms with Crippen molar-refractivity contribution in [1.29, 1.82) is 0 Å². The molecule has 1 aromatic heterocycles. The second-order valence-electron chi connectivity index (χ2n) is 4.81. The zero-order valence-electron chi connectivity index (χ0n) is 13.3. The first kappa shape index (κ1) is 18.8. The summed E-state index contributed by atoms with van der Waals surface area (Å²) in [6.07, 6.45) is 0.611. The number of hydrogen-bond acceptors (Lipinski definition) is 6. The van der Waals surface area contributed by atoms with Crippen molar-refractivity contribution in [1.82, 2.24) is 10.5 Å². The molecule has 7 nitrogen and oxygen atoms in total. The van der Waals surface area contributed by atoms with Crippen LogP contribution in [0.25, 0.3) is 0 Å². The zero-order chi connectivity index (χ0) is 18.4. The number of pyridine rings is 1. The maximum atomic E-state index is 11.7. The smallest absolute Gasteiger partial charge is 0.329 e. The number of hydroxylamine groups is 1. The molecule has 0 aliphatic rings. The lowest BCUT2D eigenvalue weighted by Crippen LogP contribution is -2.37. The van der Waals surface area contributed by atoms with Gasteiger partial charge in [-0.05, 0) is 37.3 Å². The molecule has 0 radical (unpaired) electrons. The third-order valence-corrected chi connectivity index (χ3v) is 3.60. The van der Waals surface area contributed by atoms with Gasteiger partial charge in [-0.3, -0.25) is 9.59 Å². The summed E-state index contributed by atoms with van der Waals surface area (Å²) in [5.74, 6) is -0.165. The standard InChI is InChI=1S/C16H14Cl2N2O5/c1-9(15(22)20-25-10(2)21)23-11-3-5-12(6-4-11)24-16-14(18)13(17)7-8-19-16/h3-9H,1-2H3,(H,20,22). The molecule has 1 N–H and O–H groups in total. The number of amides is 1. The van der Waals surface area contributed by atoms with Gasteiger partial charge in [0.05, 0.1) is 5.02 Å². The summed E-state index contributed by atoms with van der Waals surface area (Å²) in [6.45, 7) is 2.68. The van der Waals surface area contributed by atoms with E-state index in [2.05, 4.69) is 9.82 Å². The molecular formula is C16H14Cl2N2O5. The molecule has 0 saturated carbocycles. The third-order valence-electron chi connectivity index (χ3n) is 2.83. The number of nitrogens with zero attached hydrogens (tertiary/aromatic N) is 1. The van der Waals surface area contributed by atoms with E-state index < -0.39 is 18.0 Å². The highest BCUT2D eigenvalue weighted by Crippen LogP contribution is 2.32. The number of carbonyl (C=O) groups is 2. The first-order valence-electron chi connectivity index (χ1n) is 7.08. The molecule has 1 atom stereocenters. The Morgan fingerprint density at radius 2 is 1.76 bits per heavy atom. The van der Waals surface area contributed by atoms with Crippen LogP contribution in [-0.4, -0.2) is 23.0 Å². The molecule has 9 heteroatoms. The Hall–Kier alpha value is -2.51. The van der Waals surface area contributed by atoms with Crippen molar-refractivity contribution >= 4 is 35.1 Å². The van der Waals surface area contributed by atoms with Crippen LogP contribution in [0.15, 0.2) is 36.5 Å². The van der Waals surface area contributed by atoms with Crippen LogP contribution < -0.4 is 15.0 Å². The summed E-state index contributed by atoms with van der Waals surface area (Å²) in [7, 11) is 0. The first-order valence-corrected chi connectivity index (χ1v) is 7.84. The van der Waals surface area contributed by atoms with E-state index in [4.69, 9.17) is 32.7 Å². The molecule has 25 heavy (non-hydrogen) atoms. The molecule has 1 unspecified atom stereocenters. The van der Waals surface area contributed by atoms with Crippen LogP contribution in [0.2, 0.25) is 10.0 Å². The van der Waals surface area contributed by atoms with Crippen LogP contribution in [0.4, 0.5) is 0 Å². The molecule has 2 rings (SSSR count). The summed E-state index contributed by atoms with van der Waals surface area (Å²) >= 11 is 11.9. The summed E-state index contributed by atoms with van der Waals surface area (Å²) in [5, 5.41) is 0.541. The van der Waals surface area contributed by atoms with Crippen molar-refractivity contribution in [2.24, 2.45) is 0 Å².